The Bertz CT molecular complexity index is 684. The van der Waals surface area contributed by atoms with E-state index in [2.05, 4.69) is 15.6 Å². The predicted octanol–water partition coefficient (Wildman–Crippen LogP) is 2.74. The number of nitrogens with zero attached hydrogens (tertiary/aromatic N) is 1. The van der Waals surface area contributed by atoms with Gasteiger partial charge in [0.25, 0.3) is 5.91 Å². The molecule has 0 aliphatic heterocycles. The monoisotopic (exact) mass is 287 g/mol. The van der Waals surface area contributed by atoms with Crippen LogP contribution in [0.4, 0.5) is 15.8 Å². The molecular weight excluding hydrogens is 273 g/mol. The zero-order valence-electron chi connectivity index (χ0n) is 11.6. The number of hydrogen-bond donors (Lipinski definition) is 2. The normalized spacial score (nSPS) is 10.0. The van der Waals surface area contributed by atoms with E-state index in [1.165, 1.54) is 31.3 Å². The van der Waals surface area contributed by atoms with E-state index in [-0.39, 0.29) is 11.6 Å². The van der Waals surface area contributed by atoms with E-state index in [1.54, 1.807) is 19.1 Å². The Morgan fingerprint density at radius 2 is 1.90 bits per heavy atom. The van der Waals surface area contributed by atoms with Gasteiger partial charge in [0.2, 0.25) is 5.91 Å². The molecule has 2 N–H and O–H groups in total. The van der Waals surface area contributed by atoms with E-state index in [0.717, 1.165) is 5.69 Å². The topological polar surface area (TPSA) is 71.1 Å². The number of hydrogen-bond acceptors (Lipinski definition) is 3. The summed E-state index contributed by atoms with van der Waals surface area (Å²) in [6.45, 7) is 3.15. The Morgan fingerprint density at radius 3 is 2.52 bits per heavy atom. The summed E-state index contributed by atoms with van der Waals surface area (Å²) in [6.07, 6.45) is 1.42. The van der Waals surface area contributed by atoms with E-state index >= 15 is 0 Å². The summed E-state index contributed by atoms with van der Waals surface area (Å²) in [5.41, 5.74) is 1.50. The number of carbonyl (C=O) groups is 2. The highest BCUT2D eigenvalue weighted by Crippen LogP contribution is 2.20. The molecule has 2 amide bonds. The van der Waals surface area contributed by atoms with Gasteiger partial charge >= 0.3 is 0 Å². The highest BCUT2D eigenvalue weighted by molar-refractivity contribution is 6.04. The summed E-state index contributed by atoms with van der Waals surface area (Å²) in [6, 6.07) is 7.25. The summed E-state index contributed by atoms with van der Waals surface area (Å²) in [5, 5.41) is 4.98. The van der Waals surface area contributed by atoms with Crippen molar-refractivity contribution in [3.8, 4) is 0 Å². The van der Waals surface area contributed by atoms with Gasteiger partial charge in [0.1, 0.15) is 5.82 Å². The maximum atomic E-state index is 13.7. The van der Waals surface area contributed by atoms with Gasteiger partial charge in [-0.25, -0.2) is 4.39 Å². The fourth-order valence-electron chi connectivity index (χ4n) is 1.70. The average molecular weight is 287 g/mol. The molecular formula is C15H14FN3O2. The van der Waals surface area contributed by atoms with Gasteiger partial charge < -0.3 is 10.6 Å². The Kier molecular flexibility index (Phi) is 4.27. The molecule has 0 atom stereocenters. The van der Waals surface area contributed by atoms with Crippen LogP contribution < -0.4 is 10.6 Å². The molecule has 1 aromatic heterocycles. The number of halogens is 1. The predicted molar refractivity (Wildman–Crippen MR) is 77.6 cm³/mol. The van der Waals surface area contributed by atoms with Crippen LogP contribution in [0.25, 0.3) is 0 Å². The lowest BCUT2D eigenvalue weighted by atomic mass is 10.2. The SMILES string of the molecule is CC(=O)Nc1ccc(F)c(NC(=O)c2ccc(C)nc2)c1. The first-order valence-corrected chi connectivity index (χ1v) is 6.27. The lowest BCUT2D eigenvalue weighted by molar-refractivity contribution is -0.114. The van der Waals surface area contributed by atoms with Crippen molar-refractivity contribution in [2.24, 2.45) is 0 Å². The van der Waals surface area contributed by atoms with Crippen molar-refractivity contribution < 1.29 is 14.0 Å². The summed E-state index contributed by atoms with van der Waals surface area (Å²) in [4.78, 5) is 27.0. The second kappa shape index (κ2) is 6.13. The van der Waals surface area contributed by atoms with Gasteiger partial charge in [-0.3, -0.25) is 14.6 Å². The van der Waals surface area contributed by atoms with E-state index in [9.17, 15) is 14.0 Å². The molecule has 1 heterocycles. The quantitative estimate of drug-likeness (QED) is 0.911. The van der Waals surface area contributed by atoms with Crippen molar-refractivity contribution in [2.45, 2.75) is 13.8 Å². The first kappa shape index (κ1) is 14.6. The maximum Gasteiger partial charge on any atom is 0.257 e. The summed E-state index contributed by atoms with van der Waals surface area (Å²) < 4.78 is 13.7. The number of amides is 2. The number of pyridine rings is 1. The van der Waals surface area contributed by atoms with Gasteiger partial charge in [0.15, 0.2) is 0 Å². The largest absolute Gasteiger partial charge is 0.326 e. The molecule has 0 fully saturated rings. The van der Waals surface area contributed by atoms with Crippen LogP contribution in [0.1, 0.15) is 23.0 Å². The first-order chi connectivity index (χ1) is 9.95. The van der Waals surface area contributed by atoms with Crippen molar-refractivity contribution in [2.75, 3.05) is 10.6 Å². The Labute approximate surface area is 121 Å². The minimum absolute atomic E-state index is 0.00757. The first-order valence-electron chi connectivity index (χ1n) is 6.27. The number of rotatable bonds is 3. The summed E-state index contributed by atoms with van der Waals surface area (Å²) in [5.74, 6) is -1.33. The third-order valence-corrected chi connectivity index (χ3v) is 2.71. The van der Waals surface area contributed by atoms with Gasteiger partial charge in [0.05, 0.1) is 11.3 Å². The molecule has 0 saturated carbocycles. The van der Waals surface area contributed by atoms with E-state index < -0.39 is 11.7 Å². The fraction of sp³-hybridized carbons (Fsp3) is 0.133. The molecule has 5 nitrogen and oxygen atoms in total. The minimum Gasteiger partial charge on any atom is -0.326 e. The third kappa shape index (κ3) is 3.85. The highest BCUT2D eigenvalue weighted by Gasteiger charge is 2.10. The standard InChI is InChI=1S/C15H14FN3O2/c1-9-3-4-11(8-17-9)15(21)19-14-7-12(18-10(2)20)5-6-13(14)16/h3-8H,1-2H3,(H,18,20)(H,19,21). The molecule has 2 rings (SSSR count). The van der Waals surface area contributed by atoms with Gasteiger partial charge in [-0.05, 0) is 37.3 Å². The molecule has 0 aliphatic rings. The van der Waals surface area contributed by atoms with Crippen LogP contribution in [0.2, 0.25) is 0 Å². The number of anilines is 2. The number of aryl methyl sites for hydroxylation is 1. The number of benzene rings is 1. The van der Waals surface area contributed by atoms with Crippen molar-refractivity contribution >= 4 is 23.2 Å². The molecule has 108 valence electrons. The molecule has 1 aromatic carbocycles. The molecule has 0 unspecified atom stereocenters. The van der Waals surface area contributed by atoms with Gasteiger partial charge in [-0.1, -0.05) is 0 Å². The highest BCUT2D eigenvalue weighted by atomic mass is 19.1. The van der Waals surface area contributed by atoms with Crippen LogP contribution in [-0.4, -0.2) is 16.8 Å². The third-order valence-electron chi connectivity index (χ3n) is 2.71. The molecule has 0 saturated heterocycles. The molecule has 0 bridgehead atoms. The van der Waals surface area contributed by atoms with Gasteiger partial charge in [-0.15, -0.1) is 0 Å². The number of nitrogens with one attached hydrogen (secondary N) is 2. The van der Waals surface area contributed by atoms with Crippen LogP contribution in [0.3, 0.4) is 0 Å². The van der Waals surface area contributed by atoms with Gasteiger partial charge in [-0.2, -0.15) is 0 Å². The minimum atomic E-state index is -0.586. The second-order valence-corrected chi connectivity index (χ2v) is 4.52. The van der Waals surface area contributed by atoms with E-state index in [0.29, 0.717) is 11.3 Å². The van der Waals surface area contributed by atoms with Crippen LogP contribution in [-0.2, 0) is 4.79 Å². The van der Waals surface area contributed by atoms with Crippen molar-refractivity contribution in [3.63, 3.8) is 0 Å². The molecule has 0 radical (unpaired) electrons. The fourth-order valence-corrected chi connectivity index (χ4v) is 1.70. The lowest BCUT2D eigenvalue weighted by Crippen LogP contribution is -2.14. The molecule has 2 aromatic rings. The lowest BCUT2D eigenvalue weighted by Gasteiger charge is -2.09. The zero-order chi connectivity index (χ0) is 15.4. The van der Waals surface area contributed by atoms with Crippen molar-refractivity contribution in [1.82, 2.24) is 4.98 Å². The van der Waals surface area contributed by atoms with Crippen LogP contribution in [0.5, 0.6) is 0 Å². The van der Waals surface area contributed by atoms with Gasteiger partial charge in [0, 0.05) is 24.5 Å². The smallest absolute Gasteiger partial charge is 0.257 e. The Balaban J connectivity index is 2.20. The molecule has 0 spiro atoms. The Morgan fingerprint density at radius 1 is 1.14 bits per heavy atom. The van der Waals surface area contributed by atoms with Crippen LogP contribution >= 0.6 is 0 Å². The Hall–Kier alpha value is -2.76. The molecule has 0 aliphatic carbocycles. The van der Waals surface area contributed by atoms with E-state index in [4.69, 9.17) is 0 Å². The maximum absolute atomic E-state index is 13.7. The van der Waals surface area contributed by atoms with E-state index in [1.807, 2.05) is 0 Å². The second-order valence-electron chi connectivity index (χ2n) is 4.52. The average Bonchev–Trinajstić information content (AvgIpc) is 2.42. The zero-order valence-corrected chi connectivity index (χ0v) is 11.6. The summed E-state index contributed by atoms with van der Waals surface area (Å²) in [7, 11) is 0. The molecule has 21 heavy (non-hydrogen) atoms. The van der Waals surface area contributed by atoms with Crippen molar-refractivity contribution in [1.29, 1.82) is 0 Å². The van der Waals surface area contributed by atoms with Crippen molar-refractivity contribution in [3.05, 3.63) is 53.6 Å². The van der Waals surface area contributed by atoms with Crippen LogP contribution in [0.15, 0.2) is 36.5 Å². The summed E-state index contributed by atoms with van der Waals surface area (Å²) >= 11 is 0. The number of aromatic nitrogens is 1. The number of carbonyl (C=O) groups excluding carboxylic acids is 2. The molecule has 6 heteroatoms. The van der Waals surface area contributed by atoms with Crippen LogP contribution in [0, 0.1) is 12.7 Å².